The molecule has 0 aliphatic carbocycles. The summed E-state index contributed by atoms with van der Waals surface area (Å²) in [6, 6.07) is 0.582. The Hall–Kier alpha value is -0.940. The number of aromatic amines is 1. The summed E-state index contributed by atoms with van der Waals surface area (Å²) in [4.78, 5) is 4.11. The smallest absolute Gasteiger partial charge is 0.137 e. The minimum atomic E-state index is 0.409. The molecule has 1 aliphatic rings. The van der Waals surface area contributed by atoms with Gasteiger partial charge < -0.3 is 10.1 Å². The van der Waals surface area contributed by atoms with Crippen molar-refractivity contribution < 1.29 is 4.74 Å². The van der Waals surface area contributed by atoms with Gasteiger partial charge in [-0.1, -0.05) is 13.8 Å². The Kier molecular flexibility index (Phi) is 4.50. The molecule has 0 radical (unpaired) electrons. The van der Waals surface area contributed by atoms with Crippen LogP contribution in [0, 0.1) is 5.92 Å². The third-order valence-corrected chi connectivity index (χ3v) is 3.32. The topological polar surface area (TPSA) is 62.8 Å². The fourth-order valence-electron chi connectivity index (χ4n) is 2.22. The Labute approximate surface area is 102 Å². The first kappa shape index (κ1) is 12.5. The molecule has 0 spiro atoms. The summed E-state index contributed by atoms with van der Waals surface area (Å²) < 4.78 is 5.75. The van der Waals surface area contributed by atoms with Crippen molar-refractivity contribution in [3.63, 3.8) is 0 Å². The van der Waals surface area contributed by atoms with Crippen LogP contribution in [0.2, 0.25) is 0 Å². The van der Waals surface area contributed by atoms with E-state index in [9.17, 15) is 0 Å². The van der Waals surface area contributed by atoms with Gasteiger partial charge in [0.15, 0.2) is 0 Å². The van der Waals surface area contributed by atoms with Gasteiger partial charge >= 0.3 is 0 Å². The van der Waals surface area contributed by atoms with Gasteiger partial charge in [-0.15, -0.1) is 0 Å². The van der Waals surface area contributed by atoms with Crippen molar-refractivity contribution in [2.45, 2.75) is 45.3 Å². The molecule has 1 aromatic rings. The van der Waals surface area contributed by atoms with Gasteiger partial charge in [0.05, 0.1) is 6.10 Å². The number of nitrogens with zero attached hydrogens (tertiary/aromatic N) is 2. The van der Waals surface area contributed by atoms with Gasteiger partial charge in [-0.2, -0.15) is 5.10 Å². The van der Waals surface area contributed by atoms with E-state index in [2.05, 4.69) is 34.3 Å². The Balaban J connectivity index is 1.68. The van der Waals surface area contributed by atoms with Gasteiger partial charge in [-0.3, -0.25) is 5.10 Å². The van der Waals surface area contributed by atoms with E-state index in [1.807, 2.05) is 0 Å². The molecular formula is C12H22N4O. The van der Waals surface area contributed by atoms with Crippen LogP contribution >= 0.6 is 0 Å². The number of hydrogen-bond donors (Lipinski definition) is 2. The Morgan fingerprint density at radius 1 is 1.59 bits per heavy atom. The third kappa shape index (κ3) is 3.78. The van der Waals surface area contributed by atoms with E-state index in [1.54, 1.807) is 6.33 Å². The highest BCUT2D eigenvalue weighted by atomic mass is 16.5. The quantitative estimate of drug-likeness (QED) is 0.807. The number of H-pyrrole nitrogens is 1. The molecule has 2 atom stereocenters. The average Bonchev–Trinajstić information content (AvgIpc) is 2.82. The van der Waals surface area contributed by atoms with Crippen molar-refractivity contribution >= 4 is 0 Å². The lowest BCUT2D eigenvalue weighted by molar-refractivity contribution is -0.0242. The van der Waals surface area contributed by atoms with Gasteiger partial charge in [-0.05, 0) is 18.8 Å². The van der Waals surface area contributed by atoms with Gasteiger partial charge in [0.1, 0.15) is 12.2 Å². The largest absolute Gasteiger partial charge is 0.378 e. The van der Waals surface area contributed by atoms with Crippen LogP contribution < -0.4 is 5.32 Å². The van der Waals surface area contributed by atoms with Crippen molar-refractivity contribution in [3.8, 4) is 0 Å². The molecule has 2 heterocycles. The highest BCUT2D eigenvalue weighted by Crippen LogP contribution is 2.19. The van der Waals surface area contributed by atoms with Crippen LogP contribution in [0.5, 0.6) is 0 Å². The number of hydrogen-bond acceptors (Lipinski definition) is 4. The molecule has 5 nitrogen and oxygen atoms in total. The summed E-state index contributed by atoms with van der Waals surface area (Å²) in [7, 11) is 0. The fourth-order valence-corrected chi connectivity index (χ4v) is 2.22. The monoisotopic (exact) mass is 238 g/mol. The molecule has 1 fully saturated rings. The second-order valence-corrected chi connectivity index (χ2v) is 5.01. The maximum absolute atomic E-state index is 5.75. The lowest BCUT2D eigenvalue weighted by Crippen LogP contribution is -2.41. The zero-order valence-corrected chi connectivity index (χ0v) is 10.6. The predicted octanol–water partition coefficient (Wildman–Crippen LogP) is 1.14. The summed E-state index contributed by atoms with van der Waals surface area (Å²) in [5, 5.41) is 10.3. The first-order valence-corrected chi connectivity index (χ1v) is 6.45. The van der Waals surface area contributed by atoms with Crippen molar-refractivity contribution in [2.24, 2.45) is 5.92 Å². The Morgan fingerprint density at radius 2 is 2.47 bits per heavy atom. The first-order chi connectivity index (χ1) is 8.25. The molecule has 17 heavy (non-hydrogen) atoms. The Bertz CT molecular complexity index is 312. The lowest BCUT2D eigenvalue weighted by atomic mass is 9.95. The molecular weight excluding hydrogens is 216 g/mol. The van der Waals surface area contributed by atoms with Crippen LogP contribution in [0.3, 0.4) is 0 Å². The maximum atomic E-state index is 5.75. The average molecular weight is 238 g/mol. The van der Waals surface area contributed by atoms with Crippen LogP contribution in [0.25, 0.3) is 0 Å². The van der Waals surface area contributed by atoms with Crippen molar-refractivity contribution in [1.82, 2.24) is 20.5 Å². The normalized spacial score (nSPS) is 25.4. The standard InChI is InChI=1S/C12H22N4O/c1-9(2)11-7-10(4-6-17-11)13-5-3-12-14-8-15-16-12/h8-11,13H,3-7H2,1-2H3,(H,14,15,16). The summed E-state index contributed by atoms with van der Waals surface area (Å²) >= 11 is 0. The van der Waals surface area contributed by atoms with Crippen LogP contribution in [0.1, 0.15) is 32.5 Å². The number of aromatic nitrogens is 3. The molecule has 0 saturated carbocycles. The molecule has 5 heteroatoms. The Morgan fingerprint density at radius 3 is 3.18 bits per heavy atom. The van der Waals surface area contributed by atoms with Crippen LogP contribution in [0.4, 0.5) is 0 Å². The molecule has 0 amide bonds. The van der Waals surface area contributed by atoms with E-state index in [0.717, 1.165) is 38.2 Å². The predicted molar refractivity (Wildman–Crippen MR) is 65.7 cm³/mol. The maximum Gasteiger partial charge on any atom is 0.137 e. The second kappa shape index (κ2) is 6.12. The highest BCUT2D eigenvalue weighted by molar-refractivity contribution is 4.83. The molecule has 96 valence electrons. The summed E-state index contributed by atoms with van der Waals surface area (Å²) in [6.45, 7) is 6.27. The number of ether oxygens (including phenoxy) is 1. The summed E-state index contributed by atoms with van der Waals surface area (Å²) in [5.41, 5.74) is 0. The van der Waals surface area contributed by atoms with E-state index in [0.29, 0.717) is 18.1 Å². The minimum Gasteiger partial charge on any atom is -0.378 e. The van der Waals surface area contributed by atoms with E-state index in [-0.39, 0.29) is 0 Å². The van der Waals surface area contributed by atoms with Crippen molar-refractivity contribution in [2.75, 3.05) is 13.2 Å². The minimum absolute atomic E-state index is 0.409. The molecule has 2 unspecified atom stereocenters. The fraction of sp³-hybridized carbons (Fsp3) is 0.833. The zero-order chi connectivity index (χ0) is 12.1. The summed E-state index contributed by atoms with van der Waals surface area (Å²) in [5.74, 6) is 1.55. The second-order valence-electron chi connectivity index (χ2n) is 5.01. The molecule has 2 N–H and O–H groups in total. The van der Waals surface area contributed by atoms with E-state index >= 15 is 0 Å². The molecule has 1 aliphatic heterocycles. The van der Waals surface area contributed by atoms with Crippen molar-refractivity contribution in [1.29, 1.82) is 0 Å². The highest BCUT2D eigenvalue weighted by Gasteiger charge is 2.24. The van der Waals surface area contributed by atoms with Crippen LogP contribution in [0.15, 0.2) is 6.33 Å². The molecule has 2 rings (SSSR count). The van der Waals surface area contributed by atoms with Crippen LogP contribution in [-0.4, -0.2) is 40.5 Å². The summed E-state index contributed by atoms with van der Waals surface area (Å²) in [6.07, 6.45) is 5.10. The first-order valence-electron chi connectivity index (χ1n) is 6.45. The lowest BCUT2D eigenvalue weighted by Gasteiger charge is -2.32. The van der Waals surface area contributed by atoms with Crippen LogP contribution in [-0.2, 0) is 11.2 Å². The molecule has 0 aromatic carbocycles. The van der Waals surface area contributed by atoms with Gasteiger partial charge in [0.2, 0.25) is 0 Å². The van der Waals surface area contributed by atoms with Gasteiger partial charge in [-0.25, -0.2) is 4.98 Å². The SMILES string of the molecule is CC(C)C1CC(NCCc2ncn[nH]2)CCO1. The van der Waals surface area contributed by atoms with E-state index in [1.165, 1.54) is 0 Å². The molecule has 1 aromatic heterocycles. The number of nitrogens with one attached hydrogen (secondary N) is 2. The van der Waals surface area contributed by atoms with Gasteiger partial charge in [0.25, 0.3) is 0 Å². The third-order valence-electron chi connectivity index (χ3n) is 3.32. The van der Waals surface area contributed by atoms with Gasteiger partial charge in [0, 0.05) is 25.6 Å². The van der Waals surface area contributed by atoms with E-state index < -0.39 is 0 Å². The molecule has 1 saturated heterocycles. The zero-order valence-electron chi connectivity index (χ0n) is 10.6. The van der Waals surface area contributed by atoms with E-state index in [4.69, 9.17) is 4.74 Å². The van der Waals surface area contributed by atoms with Crippen molar-refractivity contribution in [3.05, 3.63) is 12.2 Å². The molecule has 0 bridgehead atoms. The number of rotatable bonds is 5.